The van der Waals surface area contributed by atoms with Crippen molar-refractivity contribution in [2.45, 2.75) is 57.5 Å². The van der Waals surface area contributed by atoms with Gasteiger partial charge in [0.25, 0.3) is 0 Å². The molecule has 3 N–H and O–H groups in total. The number of nitrogens with two attached hydrogens (primary N) is 1. The number of nitrogens with zero attached hydrogens (tertiary/aromatic N) is 2. The highest BCUT2D eigenvalue weighted by atomic mass is 15.1. The standard InChI is InChI=1S/C28H36N4/c1-21-19-31-28(29)26(27(21)32(2)18-17-22-9-5-3-6-10-22)24-13-15-25(16-14-24)30-20-23-11-7-4-8-12-23/h3-12,19,24-25,30H,13-18,20H2,1-2H3,(H2,29,31). The highest BCUT2D eigenvalue weighted by Gasteiger charge is 2.28. The van der Waals surface area contributed by atoms with E-state index in [1.165, 1.54) is 40.8 Å². The predicted octanol–water partition coefficient (Wildman–Crippen LogP) is 5.47. The van der Waals surface area contributed by atoms with Crippen molar-refractivity contribution < 1.29 is 0 Å². The maximum absolute atomic E-state index is 6.48. The van der Waals surface area contributed by atoms with Gasteiger partial charge in [-0.3, -0.25) is 0 Å². The summed E-state index contributed by atoms with van der Waals surface area (Å²) in [4.78, 5) is 6.93. The van der Waals surface area contributed by atoms with Crippen molar-refractivity contribution in [3.05, 3.63) is 89.1 Å². The highest BCUT2D eigenvalue weighted by molar-refractivity contribution is 5.67. The summed E-state index contributed by atoms with van der Waals surface area (Å²) in [6, 6.07) is 21.9. The molecule has 1 saturated carbocycles. The first-order chi connectivity index (χ1) is 15.6. The van der Waals surface area contributed by atoms with Crippen molar-refractivity contribution in [2.75, 3.05) is 24.2 Å². The van der Waals surface area contributed by atoms with Crippen molar-refractivity contribution in [3.63, 3.8) is 0 Å². The SMILES string of the molecule is Cc1cnc(N)c(C2CCC(NCc3ccccc3)CC2)c1N(C)CCc1ccccc1. The van der Waals surface area contributed by atoms with Gasteiger partial charge >= 0.3 is 0 Å². The molecular formula is C28H36N4. The van der Waals surface area contributed by atoms with Gasteiger partial charge in [0.1, 0.15) is 5.82 Å². The summed E-state index contributed by atoms with van der Waals surface area (Å²) < 4.78 is 0. The van der Waals surface area contributed by atoms with Crippen molar-refractivity contribution in [1.82, 2.24) is 10.3 Å². The molecule has 32 heavy (non-hydrogen) atoms. The first-order valence-corrected chi connectivity index (χ1v) is 11.9. The summed E-state index contributed by atoms with van der Waals surface area (Å²) in [7, 11) is 2.20. The third-order valence-electron chi connectivity index (χ3n) is 6.84. The van der Waals surface area contributed by atoms with Gasteiger partial charge in [-0.2, -0.15) is 0 Å². The molecule has 3 aromatic rings. The van der Waals surface area contributed by atoms with Crippen LogP contribution in [0, 0.1) is 6.92 Å². The molecular weight excluding hydrogens is 392 g/mol. The molecule has 0 unspecified atom stereocenters. The van der Waals surface area contributed by atoms with E-state index in [9.17, 15) is 0 Å². The number of hydrogen-bond acceptors (Lipinski definition) is 4. The molecule has 0 amide bonds. The second kappa shape index (κ2) is 10.6. The van der Waals surface area contributed by atoms with Crippen LogP contribution in [0.15, 0.2) is 66.9 Å². The van der Waals surface area contributed by atoms with Crippen LogP contribution in [-0.4, -0.2) is 24.6 Å². The summed E-state index contributed by atoms with van der Waals surface area (Å²) in [6.45, 7) is 4.07. The minimum Gasteiger partial charge on any atom is -0.383 e. The van der Waals surface area contributed by atoms with Gasteiger partial charge in [0.2, 0.25) is 0 Å². The van der Waals surface area contributed by atoms with E-state index in [1.54, 1.807) is 0 Å². The molecule has 2 aromatic carbocycles. The lowest BCUT2D eigenvalue weighted by molar-refractivity contribution is 0.342. The van der Waals surface area contributed by atoms with Crippen LogP contribution in [0.25, 0.3) is 0 Å². The quantitative estimate of drug-likeness (QED) is 0.500. The molecule has 1 aliphatic rings. The van der Waals surface area contributed by atoms with E-state index in [0.717, 1.165) is 32.4 Å². The molecule has 1 fully saturated rings. The second-order valence-corrected chi connectivity index (χ2v) is 9.16. The maximum atomic E-state index is 6.48. The average Bonchev–Trinajstić information content (AvgIpc) is 2.84. The molecule has 1 aromatic heterocycles. The largest absolute Gasteiger partial charge is 0.383 e. The Morgan fingerprint density at radius 1 is 0.938 bits per heavy atom. The van der Waals surface area contributed by atoms with Gasteiger partial charge in [-0.05, 0) is 61.6 Å². The molecule has 0 radical (unpaired) electrons. The third kappa shape index (κ3) is 5.49. The number of nitrogen functional groups attached to an aromatic ring is 1. The zero-order valence-corrected chi connectivity index (χ0v) is 19.4. The maximum Gasteiger partial charge on any atom is 0.128 e. The van der Waals surface area contributed by atoms with Gasteiger partial charge < -0.3 is 16.0 Å². The van der Waals surface area contributed by atoms with Gasteiger partial charge in [0.15, 0.2) is 0 Å². The van der Waals surface area contributed by atoms with E-state index < -0.39 is 0 Å². The summed E-state index contributed by atoms with van der Waals surface area (Å²) in [6.07, 6.45) is 7.62. The van der Waals surface area contributed by atoms with Gasteiger partial charge in [0.05, 0.1) is 0 Å². The number of hydrogen-bond donors (Lipinski definition) is 2. The molecule has 0 bridgehead atoms. The Balaban J connectivity index is 1.41. The molecule has 4 nitrogen and oxygen atoms in total. The first kappa shape index (κ1) is 22.3. The molecule has 4 heteroatoms. The smallest absolute Gasteiger partial charge is 0.128 e. The normalized spacial score (nSPS) is 18.4. The Morgan fingerprint density at radius 2 is 1.56 bits per heavy atom. The number of pyridine rings is 1. The third-order valence-corrected chi connectivity index (χ3v) is 6.84. The zero-order valence-electron chi connectivity index (χ0n) is 19.4. The summed E-state index contributed by atoms with van der Waals surface area (Å²) >= 11 is 0. The molecule has 1 aliphatic carbocycles. The van der Waals surface area contributed by atoms with E-state index in [2.05, 4.69) is 89.8 Å². The number of nitrogens with one attached hydrogen (secondary N) is 1. The number of aryl methyl sites for hydroxylation is 1. The Kier molecular flexibility index (Phi) is 7.43. The van der Waals surface area contributed by atoms with Crippen LogP contribution in [0.1, 0.15) is 53.9 Å². The molecule has 0 atom stereocenters. The first-order valence-electron chi connectivity index (χ1n) is 11.9. The van der Waals surface area contributed by atoms with Gasteiger partial charge in [0, 0.05) is 43.6 Å². The minimum atomic E-state index is 0.478. The molecule has 0 spiro atoms. The number of likely N-dealkylation sites (N-methyl/N-ethyl adjacent to an activating group) is 1. The lowest BCUT2D eigenvalue weighted by Gasteiger charge is -2.33. The summed E-state index contributed by atoms with van der Waals surface area (Å²) in [5, 5.41) is 3.75. The van der Waals surface area contributed by atoms with Crippen molar-refractivity contribution in [3.8, 4) is 0 Å². The molecule has 168 valence electrons. The van der Waals surface area contributed by atoms with Crippen molar-refractivity contribution in [1.29, 1.82) is 0 Å². The Bertz CT molecular complexity index is 979. The average molecular weight is 429 g/mol. The lowest BCUT2D eigenvalue weighted by atomic mass is 9.80. The fourth-order valence-electron chi connectivity index (χ4n) is 5.04. The molecule has 0 saturated heterocycles. The van der Waals surface area contributed by atoms with Crippen molar-refractivity contribution >= 4 is 11.5 Å². The predicted molar refractivity (Wildman–Crippen MR) is 135 cm³/mol. The van der Waals surface area contributed by atoms with Crippen LogP contribution >= 0.6 is 0 Å². The topological polar surface area (TPSA) is 54.2 Å². The monoisotopic (exact) mass is 428 g/mol. The number of rotatable bonds is 8. The number of anilines is 2. The van der Waals surface area contributed by atoms with E-state index >= 15 is 0 Å². The summed E-state index contributed by atoms with van der Waals surface area (Å²) in [5.41, 5.74) is 13.0. The Labute approximate surface area is 192 Å². The van der Waals surface area contributed by atoms with E-state index in [-0.39, 0.29) is 0 Å². The Hall–Kier alpha value is -2.85. The fraction of sp³-hybridized carbons (Fsp3) is 0.393. The summed E-state index contributed by atoms with van der Waals surface area (Å²) in [5.74, 6) is 1.18. The second-order valence-electron chi connectivity index (χ2n) is 9.16. The zero-order chi connectivity index (χ0) is 22.3. The highest BCUT2D eigenvalue weighted by Crippen LogP contribution is 2.41. The van der Waals surface area contributed by atoms with E-state index in [1.807, 2.05) is 6.20 Å². The van der Waals surface area contributed by atoms with Crippen LogP contribution in [0.3, 0.4) is 0 Å². The van der Waals surface area contributed by atoms with Crippen molar-refractivity contribution in [2.24, 2.45) is 0 Å². The van der Waals surface area contributed by atoms with Gasteiger partial charge in [-0.1, -0.05) is 60.7 Å². The number of aromatic nitrogens is 1. The molecule has 4 rings (SSSR count). The van der Waals surface area contributed by atoms with E-state index in [0.29, 0.717) is 17.8 Å². The van der Waals surface area contributed by atoms with Crippen LogP contribution in [0.5, 0.6) is 0 Å². The fourth-order valence-corrected chi connectivity index (χ4v) is 5.04. The van der Waals surface area contributed by atoms with Crippen LogP contribution < -0.4 is 16.0 Å². The number of benzene rings is 2. The molecule has 1 heterocycles. The van der Waals surface area contributed by atoms with Crippen LogP contribution in [-0.2, 0) is 13.0 Å². The van der Waals surface area contributed by atoms with Crippen LogP contribution in [0.4, 0.5) is 11.5 Å². The molecule has 0 aliphatic heterocycles. The lowest BCUT2D eigenvalue weighted by Crippen LogP contribution is -2.33. The Morgan fingerprint density at radius 3 is 2.22 bits per heavy atom. The van der Waals surface area contributed by atoms with Gasteiger partial charge in [-0.25, -0.2) is 4.98 Å². The van der Waals surface area contributed by atoms with Crippen LogP contribution in [0.2, 0.25) is 0 Å². The van der Waals surface area contributed by atoms with E-state index in [4.69, 9.17) is 5.73 Å². The van der Waals surface area contributed by atoms with Gasteiger partial charge in [-0.15, -0.1) is 0 Å². The minimum absolute atomic E-state index is 0.478.